The molecular weight excluding hydrogens is 282 g/mol. The highest BCUT2D eigenvalue weighted by Gasteiger charge is 2.18. The Morgan fingerprint density at radius 3 is 2.41 bits per heavy atom. The van der Waals surface area contributed by atoms with Crippen LogP contribution < -0.4 is 14.8 Å². The van der Waals surface area contributed by atoms with Crippen LogP contribution in [0.2, 0.25) is 0 Å². The number of carbonyl (C=O) groups excluding carboxylic acids is 1. The quantitative estimate of drug-likeness (QED) is 0.921. The average molecular weight is 303 g/mol. The number of hydrogen-bond donors (Lipinski definition) is 1. The molecule has 0 saturated carbocycles. The summed E-state index contributed by atoms with van der Waals surface area (Å²) in [5.74, 6) is 2.66. The molecule has 118 valence electrons. The summed E-state index contributed by atoms with van der Waals surface area (Å²) >= 11 is 0. The monoisotopic (exact) mass is 303 g/mol. The molecule has 0 aliphatic rings. The minimum absolute atomic E-state index is 0.156. The molecule has 22 heavy (non-hydrogen) atoms. The van der Waals surface area contributed by atoms with Gasteiger partial charge < -0.3 is 19.2 Å². The van der Waals surface area contributed by atoms with Crippen molar-refractivity contribution in [2.45, 2.75) is 27.3 Å². The van der Waals surface area contributed by atoms with Crippen LogP contribution in [0.1, 0.15) is 33.0 Å². The van der Waals surface area contributed by atoms with Crippen molar-refractivity contribution >= 4 is 5.91 Å². The maximum Gasteiger partial charge on any atom is 0.255 e. The van der Waals surface area contributed by atoms with Gasteiger partial charge in [-0.05, 0) is 39.0 Å². The normalized spacial score (nSPS) is 10.4. The average Bonchev–Trinajstić information content (AvgIpc) is 2.77. The molecule has 2 aromatic rings. The predicted octanol–water partition coefficient (Wildman–Crippen LogP) is 3.15. The molecule has 0 fully saturated rings. The highest BCUT2D eigenvalue weighted by atomic mass is 16.5. The summed E-state index contributed by atoms with van der Waals surface area (Å²) in [7, 11) is 3.20. The molecule has 5 heteroatoms. The van der Waals surface area contributed by atoms with Crippen molar-refractivity contribution in [1.82, 2.24) is 5.32 Å². The Hall–Kier alpha value is -2.43. The Morgan fingerprint density at radius 1 is 1.14 bits per heavy atom. The Kier molecular flexibility index (Phi) is 4.75. The predicted molar refractivity (Wildman–Crippen MR) is 83.6 cm³/mol. The van der Waals surface area contributed by atoms with Crippen LogP contribution in [-0.4, -0.2) is 20.1 Å². The Bertz CT molecular complexity index is 688. The van der Waals surface area contributed by atoms with E-state index in [0.29, 0.717) is 23.6 Å². The maximum absolute atomic E-state index is 12.4. The molecule has 0 atom stereocenters. The van der Waals surface area contributed by atoms with Crippen molar-refractivity contribution in [2.24, 2.45) is 0 Å². The van der Waals surface area contributed by atoms with Gasteiger partial charge in [0.25, 0.3) is 5.91 Å². The zero-order chi connectivity index (χ0) is 16.3. The molecule has 0 aliphatic carbocycles. The Morgan fingerprint density at radius 2 is 1.86 bits per heavy atom. The number of aryl methyl sites for hydroxylation is 2. The Labute approximate surface area is 130 Å². The molecule has 5 nitrogen and oxygen atoms in total. The van der Waals surface area contributed by atoms with E-state index in [9.17, 15) is 4.79 Å². The number of furan rings is 1. The topological polar surface area (TPSA) is 60.7 Å². The molecule has 0 aliphatic heterocycles. The lowest BCUT2D eigenvalue weighted by molar-refractivity contribution is 0.0948. The third-order valence-corrected chi connectivity index (χ3v) is 3.72. The van der Waals surface area contributed by atoms with E-state index >= 15 is 0 Å². The van der Waals surface area contributed by atoms with E-state index in [1.165, 1.54) is 0 Å². The number of ether oxygens (including phenoxy) is 2. The van der Waals surface area contributed by atoms with Gasteiger partial charge in [0.1, 0.15) is 23.0 Å². The number of hydrogen-bond acceptors (Lipinski definition) is 4. The van der Waals surface area contributed by atoms with Gasteiger partial charge in [-0.25, -0.2) is 0 Å². The van der Waals surface area contributed by atoms with Gasteiger partial charge in [0.15, 0.2) is 0 Å². The molecule has 0 radical (unpaired) electrons. The number of nitrogens with one attached hydrogen (secondary N) is 1. The first-order valence-electron chi connectivity index (χ1n) is 7.03. The van der Waals surface area contributed by atoms with Gasteiger partial charge in [0, 0.05) is 17.7 Å². The van der Waals surface area contributed by atoms with E-state index in [1.54, 1.807) is 21.1 Å². The summed E-state index contributed by atoms with van der Waals surface area (Å²) in [5.41, 5.74) is 2.32. The minimum Gasteiger partial charge on any atom is -0.497 e. The third-order valence-electron chi connectivity index (χ3n) is 3.72. The van der Waals surface area contributed by atoms with Crippen LogP contribution in [0.25, 0.3) is 0 Å². The van der Waals surface area contributed by atoms with Gasteiger partial charge in [-0.3, -0.25) is 4.79 Å². The first kappa shape index (κ1) is 15.9. The lowest BCUT2D eigenvalue weighted by atomic mass is 10.1. The summed E-state index contributed by atoms with van der Waals surface area (Å²) in [6.07, 6.45) is 0. The summed E-state index contributed by atoms with van der Waals surface area (Å²) in [5, 5.41) is 2.90. The summed E-state index contributed by atoms with van der Waals surface area (Å²) < 4.78 is 16.0. The summed E-state index contributed by atoms with van der Waals surface area (Å²) in [4.78, 5) is 12.4. The van der Waals surface area contributed by atoms with E-state index in [4.69, 9.17) is 13.9 Å². The molecule has 1 N–H and O–H groups in total. The van der Waals surface area contributed by atoms with Crippen molar-refractivity contribution in [3.8, 4) is 11.5 Å². The van der Waals surface area contributed by atoms with Crippen LogP contribution in [0.3, 0.4) is 0 Å². The van der Waals surface area contributed by atoms with E-state index < -0.39 is 0 Å². The zero-order valence-corrected chi connectivity index (χ0v) is 13.6. The maximum atomic E-state index is 12.4. The SMILES string of the molecule is COc1ccc(OC)c(CNC(=O)c2c(C)oc(C)c2C)c1. The lowest BCUT2D eigenvalue weighted by Gasteiger charge is -2.11. The molecule has 0 unspecified atom stereocenters. The first-order chi connectivity index (χ1) is 10.5. The van der Waals surface area contributed by atoms with Gasteiger partial charge in [0.05, 0.1) is 19.8 Å². The number of methoxy groups -OCH3 is 2. The van der Waals surface area contributed by atoms with Crippen molar-refractivity contribution in [1.29, 1.82) is 0 Å². The fourth-order valence-corrected chi connectivity index (χ4v) is 2.41. The fraction of sp³-hybridized carbons (Fsp3) is 0.353. The van der Waals surface area contributed by atoms with Crippen LogP contribution in [0, 0.1) is 20.8 Å². The number of amides is 1. The van der Waals surface area contributed by atoms with Crippen LogP contribution in [0.4, 0.5) is 0 Å². The van der Waals surface area contributed by atoms with E-state index in [-0.39, 0.29) is 5.91 Å². The van der Waals surface area contributed by atoms with Crippen LogP contribution in [0.15, 0.2) is 22.6 Å². The van der Waals surface area contributed by atoms with Gasteiger partial charge >= 0.3 is 0 Å². The minimum atomic E-state index is -0.156. The number of carbonyl (C=O) groups is 1. The largest absolute Gasteiger partial charge is 0.497 e. The fourth-order valence-electron chi connectivity index (χ4n) is 2.41. The number of benzene rings is 1. The molecule has 0 bridgehead atoms. The second-order valence-corrected chi connectivity index (χ2v) is 5.07. The van der Waals surface area contributed by atoms with Crippen LogP contribution in [-0.2, 0) is 6.54 Å². The van der Waals surface area contributed by atoms with E-state index in [2.05, 4.69) is 5.32 Å². The highest BCUT2D eigenvalue weighted by molar-refractivity contribution is 5.96. The second kappa shape index (κ2) is 6.56. The highest BCUT2D eigenvalue weighted by Crippen LogP contribution is 2.24. The van der Waals surface area contributed by atoms with E-state index in [1.807, 2.05) is 32.0 Å². The molecule has 1 aromatic heterocycles. The van der Waals surface area contributed by atoms with Gasteiger partial charge in [0.2, 0.25) is 0 Å². The summed E-state index contributed by atoms with van der Waals surface area (Å²) in [6, 6.07) is 5.48. The third kappa shape index (κ3) is 3.08. The van der Waals surface area contributed by atoms with Gasteiger partial charge in [-0.2, -0.15) is 0 Å². The van der Waals surface area contributed by atoms with Gasteiger partial charge in [-0.1, -0.05) is 0 Å². The van der Waals surface area contributed by atoms with Crippen molar-refractivity contribution in [2.75, 3.05) is 14.2 Å². The molecular formula is C17H21NO4. The molecule has 2 rings (SSSR count). The molecule has 1 amide bonds. The summed E-state index contributed by atoms with van der Waals surface area (Å²) in [6.45, 7) is 5.88. The first-order valence-corrected chi connectivity index (χ1v) is 7.03. The lowest BCUT2D eigenvalue weighted by Crippen LogP contribution is -2.24. The van der Waals surface area contributed by atoms with Crippen LogP contribution in [0.5, 0.6) is 11.5 Å². The van der Waals surface area contributed by atoms with Crippen molar-refractivity contribution in [3.05, 3.63) is 46.4 Å². The standard InChI is InChI=1S/C17H21NO4/c1-10-11(2)22-12(3)16(10)17(19)18-9-13-8-14(20-4)6-7-15(13)21-5/h6-8H,9H2,1-5H3,(H,18,19). The van der Waals surface area contributed by atoms with Gasteiger partial charge in [-0.15, -0.1) is 0 Å². The molecule has 0 spiro atoms. The molecule has 1 heterocycles. The number of rotatable bonds is 5. The smallest absolute Gasteiger partial charge is 0.255 e. The van der Waals surface area contributed by atoms with Crippen molar-refractivity contribution < 1.29 is 18.7 Å². The zero-order valence-electron chi connectivity index (χ0n) is 13.6. The van der Waals surface area contributed by atoms with Crippen LogP contribution >= 0.6 is 0 Å². The second-order valence-electron chi connectivity index (χ2n) is 5.07. The molecule has 0 saturated heterocycles. The molecule has 1 aromatic carbocycles. The van der Waals surface area contributed by atoms with E-state index in [0.717, 1.165) is 22.6 Å². The van der Waals surface area contributed by atoms with Crippen molar-refractivity contribution in [3.63, 3.8) is 0 Å². The Balaban J connectivity index is 2.17.